The molecule has 0 aliphatic carbocycles. The van der Waals surface area contributed by atoms with Crippen LogP contribution >= 0.6 is 0 Å². The Hall–Kier alpha value is -3.11. The van der Waals surface area contributed by atoms with Crippen LogP contribution in [0.2, 0.25) is 0 Å². The zero-order valence-electron chi connectivity index (χ0n) is 12.8. The highest BCUT2D eigenvalue weighted by molar-refractivity contribution is 7.89. The maximum Gasteiger partial charge on any atom is 0.365 e. The molecule has 1 aromatic heterocycles. The van der Waals surface area contributed by atoms with E-state index in [9.17, 15) is 22.8 Å². The number of primary sulfonamides is 1. The predicted molar refractivity (Wildman–Crippen MR) is 82.7 cm³/mol. The third-order valence-corrected chi connectivity index (χ3v) is 4.42. The molecule has 0 atom stereocenters. The smallest absolute Gasteiger partial charge is 0.324 e. The number of sulfonamides is 1. The Labute approximate surface area is 142 Å². The van der Waals surface area contributed by atoms with Gasteiger partial charge in [-0.05, 0) is 25.1 Å². The van der Waals surface area contributed by atoms with Gasteiger partial charge in [0.05, 0.1) is 22.4 Å². The lowest BCUT2D eigenvalue weighted by molar-refractivity contribution is -0.0585. The van der Waals surface area contributed by atoms with Gasteiger partial charge in [-0.25, -0.2) is 18.4 Å². The van der Waals surface area contributed by atoms with Crippen LogP contribution < -0.4 is 5.14 Å². The third-order valence-electron chi connectivity index (χ3n) is 3.54. The Morgan fingerprint density at radius 3 is 2.24 bits per heavy atom. The topological polar surface area (TPSA) is 137 Å². The molecule has 0 saturated heterocycles. The quantitative estimate of drug-likeness (QED) is 0.781. The SMILES string of the molecule is Cc1ncc(S(N)(=O)=O)cc1C(=O)ON1C(=O)c2ccccc2C1=O. The third kappa shape index (κ3) is 2.88. The van der Waals surface area contributed by atoms with Gasteiger partial charge in [0.2, 0.25) is 10.0 Å². The highest BCUT2D eigenvalue weighted by Gasteiger charge is 2.39. The van der Waals surface area contributed by atoms with E-state index >= 15 is 0 Å². The lowest BCUT2D eigenvalue weighted by Crippen LogP contribution is -2.33. The fraction of sp³-hybridized carbons (Fsp3) is 0.0667. The van der Waals surface area contributed by atoms with Crippen molar-refractivity contribution in [2.45, 2.75) is 11.8 Å². The number of nitrogens with two attached hydrogens (primary N) is 1. The van der Waals surface area contributed by atoms with Crippen molar-refractivity contribution in [2.75, 3.05) is 0 Å². The molecule has 0 bridgehead atoms. The number of rotatable bonds is 3. The Morgan fingerprint density at radius 1 is 1.16 bits per heavy atom. The molecule has 0 saturated carbocycles. The molecule has 1 aliphatic rings. The number of nitrogens with zero attached hydrogens (tertiary/aromatic N) is 2. The standard InChI is InChI=1S/C15H11N3O6S/c1-8-12(6-9(7-17-8)25(16,22)23)15(21)24-18-13(19)10-4-2-3-5-11(10)14(18)20/h2-7H,1H3,(H2,16,22,23). The lowest BCUT2D eigenvalue weighted by Gasteiger charge is -2.13. The fourth-order valence-electron chi connectivity index (χ4n) is 2.26. The predicted octanol–water partition coefficient (Wildman–Crippen LogP) is 0.405. The first-order valence-electron chi connectivity index (χ1n) is 6.89. The molecule has 128 valence electrons. The number of imide groups is 1. The first-order chi connectivity index (χ1) is 11.7. The second-order valence-electron chi connectivity index (χ2n) is 5.18. The number of carbonyl (C=O) groups excluding carboxylic acids is 3. The summed E-state index contributed by atoms with van der Waals surface area (Å²) in [5, 5.41) is 5.33. The molecule has 0 radical (unpaired) electrons. The van der Waals surface area contributed by atoms with Crippen molar-refractivity contribution in [2.24, 2.45) is 5.14 Å². The Morgan fingerprint density at radius 2 is 1.72 bits per heavy atom. The van der Waals surface area contributed by atoms with Crippen LogP contribution in [0.1, 0.15) is 36.8 Å². The van der Waals surface area contributed by atoms with Crippen molar-refractivity contribution in [3.8, 4) is 0 Å². The average Bonchev–Trinajstić information content (AvgIpc) is 2.79. The van der Waals surface area contributed by atoms with E-state index < -0.39 is 32.7 Å². The molecule has 2 aromatic rings. The first-order valence-corrected chi connectivity index (χ1v) is 8.44. The van der Waals surface area contributed by atoms with Crippen LogP contribution in [0.15, 0.2) is 41.4 Å². The van der Waals surface area contributed by atoms with Crippen molar-refractivity contribution in [1.29, 1.82) is 0 Å². The summed E-state index contributed by atoms with van der Waals surface area (Å²) in [7, 11) is -4.09. The number of amides is 2. The molecule has 10 heteroatoms. The van der Waals surface area contributed by atoms with Crippen molar-refractivity contribution < 1.29 is 27.6 Å². The number of hydrogen-bond acceptors (Lipinski definition) is 7. The number of benzene rings is 1. The maximum atomic E-state index is 12.3. The van der Waals surface area contributed by atoms with Gasteiger partial charge in [-0.3, -0.25) is 14.6 Å². The van der Waals surface area contributed by atoms with E-state index in [1.165, 1.54) is 19.1 Å². The fourth-order valence-corrected chi connectivity index (χ4v) is 2.74. The molecular weight excluding hydrogens is 350 g/mol. The van der Waals surface area contributed by atoms with Crippen LogP contribution in [0.4, 0.5) is 0 Å². The number of aryl methyl sites for hydroxylation is 1. The van der Waals surface area contributed by atoms with Gasteiger partial charge in [-0.1, -0.05) is 17.2 Å². The second-order valence-corrected chi connectivity index (χ2v) is 6.74. The van der Waals surface area contributed by atoms with E-state index in [0.29, 0.717) is 5.06 Å². The van der Waals surface area contributed by atoms with Crippen molar-refractivity contribution in [3.63, 3.8) is 0 Å². The Balaban J connectivity index is 1.92. The molecule has 1 aliphatic heterocycles. The van der Waals surface area contributed by atoms with Crippen LogP contribution in [0.5, 0.6) is 0 Å². The number of hydrogen-bond donors (Lipinski definition) is 1. The van der Waals surface area contributed by atoms with Crippen LogP contribution in [-0.4, -0.2) is 36.2 Å². The highest BCUT2D eigenvalue weighted by atomic mass is 32.2. The minimum Gasteiger partial charge on any atom is -0.324 e. The lowest BCUT2D eigenvalue weighted by atomic mass is 10.1. The van der Waals surface area contributed by atoms with Gasteiger partial charge in [0.1, 0.15) is 4.90 Å². The minimum absolute atomic E-state index is 0.105. The van der Waals surface area contributed by atoms with Gasteiger partial charge >= 0.3 is 5.97 Å². The van der Waals surface area contributed by atoms with Crippen molar-refractivity contribution in [3.05, 3.63) is 58.9 Å². The summed E-state index contributed by atoms with van der Waals surface area (Å²) in [4.78, 5) is 44.9. The largest absolute Gasteiger partial charge is 0.365 e. The maximum absolute atomic E-state index is 12.3. The average molecular weight is 361 g/mol. The van der Waals surface area contributed by atoms with Gasteiger partial charge in [0, 0.05) is 6.20 Å². The summed E-state index contributed by atoms with van der Waals surface area (Å²) in [5.41, 5.74) is 0.124. The summed E-state index contributed by atoms with van der Waals surface area (Å²) in [6.07, 6.45) is 0.990. The summed E-state index contributed by atoms with van der Waals surface area (Å²) < 4.78 is 22.8. The van der Waals surface area contributed by atoms with Gasteiger partial charge in [0.15, 0.2) is 0 Å². The van der Waals surface area contributed by atoms with Gasteiger partial charge in [-0.15, -0.1) is 0 Å². The zero-order valence-corrected chi connectivity index (χ0v) is 13.6. The normalized spacial score (nSPS) is 13.8. The second kappa shape index (κ2) is 5.76. The van der Waals surface area contributed by atoms with Crippen molar-refractivity contribution in [1.82, 2.24) is 10.0 Å². The number of fused-ring (bicyclic) bond motifs is 1. The summed E-state index contributed by atoms with van der Waals surface area (Å²) in [6, 6.07) is 6.96. The van der Waals surface area contributed by atoms with E-state index in [1.807, 2.05) is 0 Å². The van der Waals surface area contributed by atoms with Gasteiger partial charge in [-0.2, -0.15) is 0 Å². The molecule has 2 heterocycles. The highest BCUT2D eigenvalue weighted by Crippen LogP contribution is 2.24. The molecular formula is C15H11N3O6S. The van der Waals surface area contributed by atoms with Crippen LogP contribution in [-0.2, 0) is 14.9 Å². The molecule has 3 rings (SSSR count). The summed E-state index contributed by atoms with van der Waals surface area (Å²) in [6.45, 7) is 1.44. The van der Waals surface area contributed by atoms with Crippen molar-refractivity contribution >= 4 is 27.8 Å². The van der Waals surface area contributed by atoms with Crippen LogP contribution in [0, 0.1) is 6.92 Å². The number of aromatic nitrogens is 1. The van der Waals surface area contributed by atoms with E-state index in [4.69, 9.17) is 9.98 Å². The van der Waals surface area contributed by atoms with E-state index in [1.54, 1.807) is 12.1 Å². The van der Waals surface area contributed by atoms with Crippen LogP contribution in [0.25, 0.3) is 0 Å². The zero-order chi connectivity index (χ0) is 18.4. The van der Waals surface area contributed by atoms with E-state index in [2.05, 4.69) is 4.98 Å². The van der Waals surface area contributed by atoms with Gasteiger partial charge in [0.25, 0.3) is 11.8 Å². The Bertz CT molecular complexity index is 996. The van der Waals surface area contributed by atoms with Gasteiger partial charge < -0.3 is 4.84 Å². The summed E-state index contributed by atoms with van der Waals surface area (Å²) >= 11 is 0. The molecule has 0 unspecified atom stereocenters. The van der Waals surface area contributed by atoms with Crippen LogP contribution in [0.3, 0.4) is 0 Å². The molecule has 1 aromatic carbocycles. The number of carbonyl (C=O) groups is 3. The number of hydroxylamine groups is 2. The molecule has 0 fully saturated rings. The first kappa shape index (κ1) is 16.7. The molecule has 0 spiro atoms. The van der Waals surface area contributed by atoms with E-state index in [0.717, 1.165) is 12.3 Å². The monoisotopic (exact) mass is 361 g/mol. The molecule has 2 amide bonds. The molecule has 2 N–H and O–H groups in total. The Kier molecular flexibility index (Phi) is 3.85. The molecule has 9 nitrogen and oxygen atoms in total. The minimum atomic E-state index is -4.09. The van der Waals surface area contributed by atoms with E-state index in [-0.39, 0.29) is 22.4 Å². The summed E-state index contributed by atoms with van der Waals surface area (Å²) in [5.74, 6) is -2.69. The molecule has 25 heavy (non-hydrogen) atoms. The number of pyridine rings is 1.